The standard InChI is InChI=1S/C60H54N4/c1-39(45-23-11-7-12-24-45)49-31-19-32-50(40(2)46-25-13-8-14-26-46)57(49)61-43(5)53-35-21-37-55-56-38-22-36-54(60(56)64-63-59(53)55)44(6)62-58-51(41(3)47-27-15-9-16-28-47)33-20-34-52(58)42(4)48-29-17-10-18-30-48/h7-42H,1-6H3/t39-,40-,41-,42-/m0/s1. The molecule has 314 valence electrons. The van der Waals surface area contributed by atoms with Gasteiger partial charge in [0, 0.05) is 57.0 Å². The molecule has 9 aromatic rings. The molecule has 8 aromatic carbocycles. The molecule has 4 heteroatoms. The number of nitrogens with zero attached hydrogens (tertiary/aromatic N) is 4. The topological polar surface area (TPSA) is 50.5 Å². The van der Waals surface area contributed by atoms with Crippen molar-refractivity contribution in [3.63, 3.8) is 0 Å². The Morgan fingerprint density at radius 1 is 0.328 bits per heavy atom. The van der Waals surface area contributed by atoms with Gasteiger partial charge in [0.05, 0.1) is 11.4 Å². The molecular formula is C60H54N4. The van der Waals surface area contributed by atoms with Crippen LogP contribution in [-0.4, -0.2) is 21.6 Å². The van der Waals surface area contributed by atoms with Gasteiger partial charge in [-0.2, -0.15) is 0 Å². The second-order valence-electron chi connectivity index (χ2n) is 17.1. The molecule has 0 aliphatic carbocycles. The summed E-state index contributed by atoms with van der Waals surface area (Å²) in [4.78, 5) is 11.1. The summed E-state index contributed by atoms with van der Waals surface area (Å²) in [6.45, 7) is 13.3. The highest BCUT2D eigenvalue weighted by Gasteiger charge is 2.23. The summed E-state index contributed by atoms with van der Waals surface area (Å²) in [7, 11) is 0. The molecule has 4 nitrogen and oxygen atoms in total. The first-order valence-corrected chi connectivity index (χ1v) is 22.5. The van der Waals surface area contributed by atoms with E-state index in [-0.39, 0.29) is 23.7 Å². The molecule has 0 aliphatic rings. The highest BCUT2D eigenvalue weighted by atomic mass is 15.1. The van der Waals surface area contributed by atoms with Gasteiger partial charge in [0.2, 0.25) is 0 Å². The van der Waals surface area contributed by atoms with Crippen molar-refractivity contribution in [2.24, 2.45) is 9.98 Å². The van der Waals surface area contributed by atoms with E-state index in [0.717, 1.165) is 55.7 Å². The Morgan fingerprint density at radius 3 is 0.875 bits per heavy atom. The first-order valence-electron chi connectivity index (χ1n) is 22.5. The quantitative estimate of drug-likeness (QED) is 0.0910. The van der Waals surface area contributed by atoms with Gasteiger partial charge in [-0.25, -0.2) is 0 Å². The van der Waals surface area contributed by atoms with Gasteiger partial charge in [-0.05, 0) is 58.4 Å². The van der Waals surface area contributed by atoms with Crippen molar-refractivity contribution in [2.75, 3.05) is 0 Å². The SMILES string of the molecule is CC(=Nc1c([C@@H](C)c2ccccc2)cccc1[C@@H](C)c1ccccc1)c1cccc2c1nnc1c(C(C)=Nc3c([C@@H](C)c4ccccc4)cccc3[C@@H](C)c3ccccc3)cccc12. The summed E-state index contributed by atoms with van der Waals surface area (Å²) in [5.74, 6) is 0.561. The molecule has 0 saturated carbocycles. The Kier molecular flexibility index (Phi) is 12.2. The number of para-hydroxylation sites is 2. The number of rotatable bonds is 12. The van der Waals surface area contributed by atoms with Crippen molar-refractivity contribution in [1.29, 1.82) is 0 Å². The molecule has 4 atom stereocenters. The van der Waals surface area contributed by atoms with E-state index >= 15 is 0 Å². The van der Waals surface area contributed by atoms with Gasteiger partial charge in [0.1, 0.15) is 11.0 Å². The second kappa shape index (κ2) is 18.6. The van der Waals surface area contributed by atoms with Crippen molar-refractivity contribution in [2.45, 2.75) is 65.2 Å². The van der Waals surface area contributed by atoms with Crippen LogP contribution < -0.4 is 0 Å². The predicted molar refractivity (Wildman–Crippen MR) is 270 cm³/mol. The maximum Gasteiger partial charge on any atom is 0.103 e. The number of hydrogen-bond donors (Lipinski definition) is 0. The molecule has 9 rings (SSSR count). The highest BCUT2D eigenvalue weighted by Crippen LogP contribution is 2.42. The Bertz CT molecular complexity index is 2780. The Balaban J connectivity index is 1.16. The Hall–Kier alpha value is -7.30. The largest absolute Gasteiger partial charge is 0.252 e. The zero-order valence-corrected chi connectivity index (χ0v) is 37.6. The van der Waals surface area contributed by atoms with Crippen LogP contribution in [0.25, 0.3) is 21.8 Å². The van der Waals surface area contributed by atoms with Crippen LogP contribution in [0.15, 0.2) is 204 Å². The first-order chi connectivity index (χ1) is 31.3. The predicted octanol–water partition coefficient (Wildman–Crippen LogP) is 15.7. The van der Waals surface area contributed by atoms with Crippen LogP contribution in [0, 0.1) is 0 Å². The van der Waals surface area contributed by atoms with Crippen molar-refractivity contribution >= 4 is 44.6 Å². The van der Waals surface area contributed by atoms with E-state index in [1.54, 1.807) is 0 Å². The molecular weight excluding hydrogens is 777 g/mol. The minimum absolute atomic E-state index is 0.140. The lowest BCUT2D eigenvalue weighted by Gasteiger charge is -2.22. The first kappa shape index (κ1) is 42.0. The summed E-state index contributed by atoms with van der Waals surface area (Å²) < 4.78 is 0. The molecule has 0 saturated heterocycles. The minimum Gasteiger partial charge on any atom is -0.252 e. The van der Waals surface area contributed by atoms with E-state index in [9.17, 15) is 0 Å². The number of benzene rings is 8. The Morgan fingerprint density at radius 2 is 0.594 bits per heavy atom. The number of aliphatic imine (C=N–C) groups is 2. The molecule has 0 spiro atoms. The maximum atomic E-state index is 5.56. The fraction of sp³-hybridized carbons (Fsp3) is 0.167. The van der Waals surface area contributed by atoms with Crippen molar-refractivity contribution in [1.82, 2.24) is 10.2 Å². The smallest absolute Gasteiger partial charge is 0.103 e. The van der Waals surface area contributed by atoms with Gasteiger partial charge in [0.25, 0.3) is 0 Å². The van der Waals surface area contributed by atoms with Crippen LogP contribution >= 0.6 is 0 Å². The lowest BCUT2D eigenvalue weighted by molar-refractivity contribution is 0.887. The van der Waals surface area contributed by atoms with Crippen LogP contribution in [-0.2, 0) is 0 Å². The third-order valence-electron chi connectivity index (χ3n) is 13.2. The van der Waals surface area contributed by atoms with Crippen LogP contribution in [0.5, 0.6) is 0 Å². The van der Waals surface area contributed by atoms with E-state index in [2.05, 4.69) is 236 Å². The van der Waals surface area contributed by atoms with E-state index < -0.39 is 0 Å². The van der Waals surface area contributed by atoms with Gasteiger partial charge >= 0.3 is 0 Å². The van der Waals surface area contributed by atoms with E-state index in [4.69, 9.17) is 20.2 Å². The van der Waals surface area contributed by atoms with E-state index in [1.165, 1.54) is 44.5 Å². The zero-order valence-electron chi connectivity index (χ0n) is 37.6. The third-order valence-corrected chi connectivity index (χ3v) is 13.2. The van der Waals surface area contributed by atoms with Gasteiger partial charge in [-0.15, -0.1) is 10.2 Å². The lowest BCUT2D eigenvalue weighted by Crippen LogP contribution is -2.06. The number of hydrogen-bond acceptors (Lipinski definition) is 4. The summed E-state index contributed by atoms with van der Waals surface area (Å²) in [5, 5.41) is 12.1. The summed E-state index contributed by atoms with van der Waals surface area (Å²) in [5.41, 5.74) is 17.2. The van der Waals surface area contributed by atoms with Crippen LogP contribution in [0.4, 0.5) is 11.4 Å². The van der Waals surface area contributed by atoms with Crippen LogP contribution in [0.3, 0.4) is 0 Å². The summed E-state index contributed by atoms with van der Waals surface area (Å²) >= 11 is 0. The molecule has 1 heterocycles. The van der Waals surface area contributed by atoms with Crippen molar-refractivity contribution < 1.29 is 0 Å². The monoisotopic (exact) mass is 830 g/mol. The molecule has 0 radical (unpaired) electrons. The van der Waals surface area contributed by atoms with Gasteiger partial charge in [0.15, 0.2) is 0 Å². The molecule has 0 amide bonds. The second-order valence-corrected chi connectivity index (χ2v) is 17.1. The molecule has 0 fully saturated rings. The lowest BCUT2D eigenvalue weighted by atomic mass is 9.85. The molecule has 64 heavy (non-hydrogen) atoms. The molecule has 0 aliphatic heterocycles. The van der Waals surface area contributed by atoms with Crippen LogP contribution in [0.2, 0.25) is 0 Å². The van der Waals surface area contributed by atoms with Crippen LogP contribution in [0.1, 0.15) is 121 Å². The Labute approximate surface area is 378 Å². The normalized spacial score (nSPS) is 14.0. The number of fused-ring (bicyclic) bond motifs is 3. The fourth-order valence-electron chi connectivity index (χ4n) is 9.38. The fourth-order valence-corrected chi connectivity index (χ4v) is 9.38. The van der Waals surface area contributed by atoms with E-state index in [0.29, 0.717) is 0 Å². The highest BCUT2D eigenvalue weighted by molar-refractivity contribution is 6.18. The zero-order chi connectivity index (χ0) is 44.2. The molecule has 1 aromatic heterocycles. The van der Waals surface area contributed by atoms with Crippen molar-refractivity contribution in [3.05, 3.63) is 250 Å². The average molecular weight is 831 g/mol. The average Bonchev–Trinajstić information content (AvgIpc) is 3.36. The van der Waals surface area contributed by atoms with Gasteiger partial charge in [-0.1, -0.05) is 222 Å². The summed E-state index contributed by atoms with van der Waals surface area (Å²) in [6.07, 6.45) is 0. The van der Waals surface area contributed by atoms with Gasteiger partial charge < -0.3 is 0 Å². The number of aromatic nitrogens is 2. The third kappa shape index (κ3) is 8.32. The molecule has 0 N–H and O–H groups in total. The van der Waals surface area contributed by atoms with E-state index in [1.807, 2.05) is 0 Å². The minimum atomic E-state index is 0.140. The maximum absolute atomic E-state index is 5.56. The summed E-state index contributed by atoms with van der Waals surface area (Å²) in [6, 6.07) is 69.0. The van der Waals surface area contributed by atoms with Gasteiger partial charge in [-0.3, -0.25) is 9.98 Å². The molecule has 0 bridgehead atoms. The van der Waals surface area contributed by atoms with Crippen molar-refractivity contribution in [3.8, 4) is 0 Å². The molecule has 0 unspecified atom stereocenters.